The van der Waals surface area contributed by atoms with Gasteiger partial charge in [0.05, 0.1) is 5.39 Å². The van der Waals surface area contributed by atoms with Crippen LogP contribution in [0.15, 0.2) is 17.1 Å². The van der Waals surface area contributed by atoms with Crippen LogP contribution in [0, 0.1) is 5.92 Å². The second kappa shape index (κ2) is 5.90. The van der Waals surface area contributed by atoms with Crippen LogP contribution in [0.2, 0.25) is 0 Å². The zero-order valence-corrected chi connectivity index (χ0v) is 14.4. The fourth-order valence-electron chi connectivity index (χ4n) is 2.83. The number of nitrogen functional groups attached to an aromatic ring is 1. The van der Waals surface area contributed by atoms with Crippen molar-refractivity contribution >= 4 is 24.6 Å². The molecule has 1 aliphatic rings. The lowest BCUT2D eigenvalue weighted by Gasteiger charge is -2.28. The first kappa shape index (κ1) is 18.1. The van der Waals surface area contributed by atoms with Crippen molar-refractivity contribution in [3.05, 3.63) is 22.6 Å². The molecule has 25 heavy (non-hydrogen) atoms. The Balaban J connectivity index is 1.97. The van der Waals surface area contributed by atoms with Gasteiger partial charge in [-0.2, -0.15) is 4.98 Å². The normalized spacial score (nSPS) is 30.2. The Labute approximate surface area is 141 Å². The molecule has 3 rings (SSSR count). The minimum absolute atomic E-state index is 0.0857. The van der Waals surface area contributed by atoms with Gasteiger partial charge < -0.3 is 34.7 Å². The van der Waals surface area contributed by atoms with Crippen molar-refractivity contribution in [3.63, 3.8) is 0 Å². The second-order valence-corrected chi connectivity index (χ2v) is 7.83. The van der Waals surface area contributed by atoms with Crippen LogP contribution in [-0.2, 0) is 14.0 Å². The Bertz CT molecular complexity index is 901. The Hall–Kier alpha value is -1.75. The average molecular weight is 374 g/mol. The van der Waals surface area contributed by atoms with Gasteiger partial charge in [0.2, 0.25) is 5.95 Å². The van der Waals surface area contributed by atoms with Crippen LogP contribution < -0.4 is 11.3 Å². The molecule has 0 bridgehead atoms. The van der Waals surface area contributed by atoms with E-state index in [0.29, 0.717) is 0 Å². The highest BCUT2D eigenvalue weighted by Crippen LogP contribution is 2.45. The molecule has 6 N–H and O–H groups in total. The van der Waals surface area contributed by atoms with Crippen molar-refractivity contribution in [2.75, 3.05) is 12.1 Å². The van der Waals surface area contributed by atoms with Crippen LogP contribution in [0.4, 0.5) is 5.95 Å². The smallest absolute Gasteiger partial charge is 0.351 e. The van der Waals surface area contributed by atoms with Gasteiger partial charge in [-0.1, -0.05) is 6.92 Å². The van der Waals surface area contributed by atoms with Gasteiger partial charge in [0.1, 0.15) is 5.60 Å². The number of aromatic amines is 1. The van der Waals surface area contributed by atoms with Crippen LogP contribution in [0.1, 0.15) is 20.1 Å². The van der Waals surface area contributed by atoms with E-state index in [2.05, 4.69) is 9.97 Å². The van der Waals surface area contributed by atoms with E-state index < -0.39 is 43.5 Å². The third-order valence-electron chi connectivity index (χ3n) is 4.35. The van der Waals surface area contributed by atoms with Crippen molar-refractivity contribution in [1.29, 1.82) is 0 Å². The number of nitrogens with two attached hydrogens (primary N) is 1. The molecule has 0 aromatic carbocycles. The summed E-state index contributed by atoms with van der Waals surface area (Å²) in [5.74, 6) is -0.696. The predicted molar refractivity (Wildman–Crippen MR) is 86.5 cm³/mol. The zero-order valence-electron chi connectivity index (χ0n) is 13.5. The fourth-order valence-corrected chi connectivity index (χ4v) is 3.17. The highest BCUT2D eigenvalue weighted by Gasteiger charge is 2.52. The van der Waals surface area contributed by atoms with Gasteiger partial charge in [-0.05, 0) is 13.0 Å². The molecule has 0 saturated carbocycles. The fraction of sp³-hybridized carbons (Fsp3) is 0.538. The molecule has 2 aromatic rings. The lowest BCUT2D eigenvalue weighted by atomic mass is 9.91. The number of nitrogens with one attached hydrogen (secondary N) is 1. The standard InChI is InChI=1S/C13H19N4O7P/c1-6-10(23-5-25(20,21)22)24-11(13(6,2)19)17-4-3-7-8(17)15-12(14)16-9(7)18/h3-4,6,10-11,19H,5H2,1-2H3,(H2,20,21,22)(H3,14,15,16,18)/t6?,10-,11+,13+/m0/s1. The number of hydrogen-bond acceptors (Lipinski definition) is 7. The molecule has 1 saturated heterocycles. The summed E-state index contributed by atoms with van der Waals surface area (Å²) in [5.41, 5.74) is 3.91. The maximum atomic E-state index is 11.9. The maximum absolute atomic E-state index is 11.9. The Morgan fingerprint density at radius 2 is 2.24 bits per heavy atom. The summed E-state index contributed by atoms with van der Waals surface area (Å²) in [5, 5.41) is 11.1. The van der Waals surface area contributed by atoms with Gasteiger partial charge in [0, 0.05) is 12.1 Å². The van der Waals surface area contributed by atoms with Gasteiger partial charge in [-0.3, -0.25) is 14.3 Å². The molecule has 0 aliphatic carbocycles. The highest BCUT2D eigenvalue weighted by atomic mass is 31.2. The molecule has 12 heteroatoms. The molecule has 0 radical (unpaired) electrons. The third kappa shape index (κ3) is 3.22. The first-order valence-electron chi connectivity index (χ1n) is 7.41. The van der Waals surface area contributed by atoms with E-state index in [1.165, 1.54) is 23.8 Å². The summed E-state index contributed by atoms with van der Waals surface area (Å²) < 4.78 is 23.2. The van der Waals surface area contributed by atoms with Crippen LogP contribution in [-0.4, -0.2) is 47.7 Å². The van der Waals surface area contributed by atoms with Gasteiger partial charge in [-0.25, -0.2) is 0 Å². The van der Waals surface area contributed by atoms with Gasteiger partial charge in [-0.15, -0.1) is 0 Å². The second-order valence-electron chi connectivity index (χ2n) is 6.24. The first-order valence-corrected chi connectivity index (χ1v) is 9.21. The molecule has 4 atom stereocenters. The number of H-pyrrole nitrogens is 1. The molecule has 0 amide bonds. The van der Waals surface area contributed by atoms with Crippen LogP contribution in [0.25, 0.3) is 11.0 Å². The molecular weight excluding hydrogens is 355 g/mol. The molecule has 138 valence electrons. The van der Waals surface area contributed by atoms with E-state index in [1.54, 1.807) is 6.92 Å². The zero-order chi connectivity index (χ0) is 18.6. The summed E-state index contributed by atoms with van der Waals surface area (Å²) in [7, 11) is -4.38. The number of fused-ring (bicyclic) bond motifs is 1. The number of anilines is 1. The summed E-state index contributed by atoms with van der Waals surface area (Å²) in [6.45, 7) is 3.14. The van der Waals surface area contributed by atoms with Crippen LogP contribution in [0.3, 0.4) is 0 Å². The molecule has 3 heterocycles. The molecular formula is C13H19N4O7P. The Morgan fingerprint density at radius 3 is 2.88 bits per heavy atom. The van der Waals surface area contributed by atoms with E-state index in [9.17, 15) is 14.5 Å². The third-order valence-corrected chi connectivity index (χ3v) is 4.84. The maximum Gasteiger partial charge on any atom is 0.351 e. The van der Waals surface area contributed by atoms with Crippen molar-refractivity contribution in [2.45, 2.75) is 32.0 Å². The van der Waals surface area contributed by atoms with Crippen molar-refractivity contribution in [3.8, 4) is 0 Å². The minimum atomic E-state index is -4.38. The summed E-state index contributed by atoms with van der Waals surface area (Å²) in [4.78, 5) is 36.3. The number of rotatable bonds is 4. The number of nitrogens with zero attached hydrogens (tertiary/aromatic N) is 2. The largest absolute Gasteiger partial charge is 0.385 e. The van der Waals surface area contributed by atoms with E-state index in [4.69, 9.17) is 25.0 Å². The Morgan fingerprint density at radius 1 is 1.56 bits per heavy atom. The van der Waals surface area contributed by atoms with Gasteiger partial charge in [0.25, 0.3) is 5.56 Å². The predicted octanol–water partition coefficient (Wildman–Crippen LogP) is -0.299. The van der Waals surface area contributed by atoms with E-state index in [-0.39, 0.29) is 17.0 Å². The van der Waals surface area contributed by atoms with E-state index in [0.717, 1.165) is 0 Å². The molecule has 1 fully saturated rings. The minimum Gasteiger partial charge on any atom is -0.385 e. The topological polar surface area (TPSA) is 173 Å². The lowest BCUT2D eigenvalue weighted by Crippen LogP contribution is -2.38. The molecule has 2 aromatic heterocycles. The van der Waals surface area contributed by atoms with Crippen molar-refractivity contribution in [2.24, 2.45) is 5.92 Å². The highest BCUT2D eigenvalue weighted by molar-refractivity contribution is 7.51. The number of aromatic nitrogens is 3. The van der Waals surface area contributed by atoms with E-state index >= 15 is 0 Å². The molecule has 11 nitrogen and oxygen atoms in total. The van der Waals surface area contributed by atoms with Crippen LogP contribution in [0.5, 0.6) is 0 Å². The molecule has 1 unspecified atom stereocenters. The quantitative estimate of drug-likeness (QED) is 0.450. The van der Waals surface area contributed by atoms with E-state index in [1.807, 2.05) is 0 Å². The SMILES string of the molecule is CC1[C@@H](OCP(=O)(O)O)O[C@@H](n2ccc3c(=O)[nH]c(N)nc32)[C@]1(C)O. The first-order chi connectivity index (χ1) is 11.5. The van der Waals surface area contributed by atoms with Crippen molar-refractivity contribution < 1.29 is 28.9 Å². The monoisotopic (exact) mass is 374 g/mol. The summed E-state index contributed by atoms with van der Waals surface area (Å²) in [6.07, 6.45) is -1.36. The number of hydrogen-bond donors (Lipinski definition) is 5. The van der Waals surface area contributed by atoms with Crippen molar-refractivity contribution in [1.82, 2.24) is 14.5 Å². The number of aliphatic hydroxyl groups is 1. The van der Waals surface area contributed by atoms with Gasteiger partial charge in [0.15, 0.2) is 24.5 Å². The van der Waals surface area contributed by atoms with Crippen LogP contribution >= 0.6 is 7.60 Å². The lowest BCUT2D eigenvalue weighted by molar-refractivity contribution is -0.157. The summed E-state index contributed by atoms with van der Waals surface area (Å²) in [6, 6.07) is 1.51. The van der Waals surface area contributed by atoms with Gasteiger partial charge >= 0.3 is 7.60 Å². The Kier molecular flexibility index (Phi) is 4.26. The molecule has 0 spiro atoms. The summed E-state index contributed by atoms with van der Waals surface area (Å²) >= 11 is 0. The molecule has 1 aliphatic heterocycles. The average Bonchev–Trinajstić information content (AvgIpc) is 2.97. The number of ether oxygens (including phenoxy) is 2.